The van der Waals surface area contributed by atoms with Gasteiger partial charge in [-0.1, -0.05) is 35.9 Å². The van der Waals surface area contributed by atoms with Crippen molar-refractivity contribution in [2.24, 2.45) is 11.7 Å². The van der Waals surface area contributed by atoms with Crippen molar-refractivity contribution >= 4 is 35.1 Å². The number of nitrogens with two attached hydrogens (primary N) is 1. The lowest BCUT2D eigenvalue weighted by Gasteiger charge is -2.30. The molecule has 0 saturated heterocycles. The summed E-state index contributed by atoms with van der Waals surface area (Å²) in [4.78, 5) is 38.9. The largest absolute Gasteiger partial charge is 0.493 e. The van der Waals surface area contributed by atoms with Crippen LogP contribution < -0.4 is 20.7 Å². The second-order valence-electron chi connectivity index (χ2n) is 13.2. The molecule has 1 aliphatic carbocycles. The third kappa shape index (κ3) is 7.69. The van der Waals surface area contributed by atoms with E-state index in [-0.39, 0.29) is 41.6 Å². The molecule has 10 nitrogen and oxygen atoms in total. The first-order valence-electron chi connectivity index (χ1n) is 16.9. The van der Waals surface area contributed by atoms with Gasteiger partial charge in [0.2, 0.25) is 5.91 Å². The summed E-state index contributed by atoms with van der Waals surface area (Å²) in [5.74, 6) is -0.539. The molecule has 12 heteroatoms. The Balaban J connectivity index is 1.10. The summed E-state index contributed by atoms with van der Waals surface area (Å²) in [6.07, 6.45) is 6.17. The number of benzene rings is 3. The van der Waals surface area contributed by atoms with E-state index in [0.717, 1.165) is 46.2 Å². The number of rotatable bonds is 14. The van der Waals surface area contributed by atoms with E-state index >= 15 is 4.39 Å². The molecule has 2 amide bonds. The van der Waals surface area contributed by atoms with Gasteiger partial charge in [0.25, 0.3) is 5.91 Å². The second kappa shape index (κ2) is 15.0. The Bertz CT molecular complexity index is 1910. The molecular formula is C38H41ClFN5O5. The van der Waals surface area contributed by atoms with E-state index in [1.54, 1.807) is 10.9 Å². The first kappa shape index (κ1) is 35.1. The summed E-state index contributed by atoms with van der Waals surface area (Å²) in [6, 6.07) is 13.5. The normalized spacial score (nSPS) is 16.7. The summed E-state index contributed by atoms with van der Waals surface area (Å²) >= 11 is 6.46. The fourth-order valence-corrected chi connectivity index (χ4v) is 6.88. The molecule has 2 unspecified atom stereocenters. The smallest absolute Gasteiger partial charge is 0.320 e. The molecule has 4 N–H and O–H groups in total. The number of halogens is 2. The second-order valence-corrected chi connectivity index (χ2v) is 13.6. The molecule has 2 aliphatic rings. The molecule has 1 saturated carbocycles. The summed E-state index contributed by atoms with van der Waals surface area (Å²) in [7, 11) is 0. The van der Waals surface area contributed by atoms with Gasteiger partial charge in [0.15, 0.2) is 0 Å². The van der Waals surface area contributed by atoms with E-state index in [9.17, 15) is 14.4 Å². The Hall–Kier alpha value is -4.74. The maximum Gasteiger partial charge on any atom is 0.320 e. The van der Waals surface area contributed by atoms with Crippen LogP contribution in [0.15, 0.2) is 60.9 Å². The first-order chi connectivity index (χ1) is 24.0. The minimum atomic E-state index is -1.11. The highest BCUT2D eigenvalue weighted by molar-refractivity contribution is 6.31. The van der Waals surface area contributed by atoms with Crippen LogP contribution in [-0.2, 0) is 16.1 Å². The number of aryl methyl sites for hydroxylation is 1. The van der Waals surface area contributed by atoms with Gasteiger partial charge in [-0.2, -0.15) is 5.10 Å². The Morgan fingerprint density at radius 2 is 1.96 bits per heavy atom. The topological polar surface area (TPSA) is 140 Å². The van der Waals surface area contributed by atoms with Crippen molar-refractivity contribution in [2.75, 3.05) is 24.6 Å². The summed E-state index contributed by atoms with van der Waals surface area (Å²) in [5, 5.41) is 16.1. The highest BCUT2D eigenvalue weighted by Gasteiger charge is 2.47. The number of aliphatic carboxylic acids is 1. The van der Waals surface area contributed by atoms with Gasteiger partial charge in [0.05, 0.1) is 19.3 Å². The Morgan fingerprint density at radius 3 is 2.74 bits per heavy atom. The number of carbonyl (C=O) groups is 3. The van der Waals surface area contributed by atoms with E-state index in [2.05, 4.69) is 23.4 Å². The molecule has 1 aliphatic heterocycles. The average Bonchev–Trinajstić information content (AvgIpc) is 3.74. The first-order valence-corrected chi connectivity index (χ1v) is 17.3. The lowest BCUT2D eigenvalue weighted by atomic mass is 9.92. The summed E-state index contributed by atoms with van der Waals surface area (Å²) in [5.41, 5.74) is 12.0. The maximum atomic E-state index is 15.3. The summed E-state index contributed by atoms with van der Waals surface area (Å²) < 4.78 is 22.9. The third-order valence-electron chi connectivity index (χ3n) is 9.70. The van der Waals surface area contributed by atoms with Crippen LogP contribution in [0, 0.1) is 25.6 Å². The zero-order valence-electron chi connectivity index (χ0n) is 28.1. The molecule has 0 bridgehead atoms. The van der Waals surface area contributed by atoms with Gasteiger partial charge in [-0.05, 0) is 97.9 Å². The van der Waals surface area contributed by atoms with E-state index in [1.165, 1.54) is 11.6 Å². The number of ether oxygens (including phenoxy) is 1. The van der Waals surface area contributed by atoms with Crippen molar-refractivity contribution in [3.63, 3.8) is 0 Å². The van der Waals surface area contributed by atoms with Crippen LogP contribution in [0.3, 0.4) is 0 Å². The Kier molecular flexibility index (Phi) is 10.5. The zero-order chi connectivity index (χ0) is 35.5. The van der Waals surface area contributed by atoms with Crippen molar-refractivity contribution < 1.29 is 28.6 Å². The summed E-state index contributed by atoms with van der Waals surface area (Å²) in [6.45, 7) is 5.51. The van der Waals surface area contributed by atoms with Gasteiger partial charge in [-0.25, -0.2) is 4.39 Å². The molecule has 1 fully saturated rings. The third-order valence-corrected chi connectivity index (χ3v) is 10.0. The zero-order valence-corrected chi connectivity index (χ0v) is 28.9. The van der Waals surface area contributed by atoms with Gasteiger partial charge >= 0.3 is 5.97 Å². The number of carboxylic acids is 1. The van der Waals surface area contributed by atoms with E-state index in [1.807, 2.05) is 48.4 Å². The minimum Gasteiger partial charge on any atom is -0.493 e. The minimum absolute atomic E-state index is 0.0511. The number of fused-ring (bicyclic) bond motifs is 3. The number of amides is 2. The Morgan fingerprint density at radius 1 is 1.16 bits per heavy atom. The lowest BCUT2D eigenvalue weighted by Crippen LogP contribution is -2.36. The molecule has 0 radical (unpaired) electrons. The maximum absolute atomic E-state index is 15.3. The predicted molar refractivity (Wildman–Crippen MR) is 189 cm³/mol. The van der Waals surface area contributed by atoms with Crippen molar-refractivity contribution in [1.29, 1.82) is 0 Å². The number of nitrogens with zero attached hydrogens (tertiary/aromatic N) is 3. The molecule has 4 aromatic rings. The highest BCUT2D eigenvalue weighted by atomic mass is 35.5. The molecular weight excluding hydrogens is 661 g/mol. The number of aromatic nitrogens is 2. The van der Waals surface area contributed by atoms with Gasteiger partial charge in [-0.3, -0.25) is 19.1 Å². The molecule has 2 heterocycles. The molecule has 50 heavy (non-hydrogen) atoms. The SMILES string of the molecule is Cc1cccc(OCCCC(=O)N2CC3CC3c3c(-c4cnn(Cc5c(F)cc(C(=O)NCCC[C@H](N)C(=O)O)cc5Cl)c4)cccc32)c1C. The number of carboxylic acid groups (broad SMARTS) is 1. The standard InChI is InChI=1S/C38H41ClFN5O5/c1-22-7-3-11-34(23(22)2)50-14-6-12-35(46)45-20-25-15-28(25)36-27(8-4-10-33(36)45)26-18-43-44(19-26)21-29-30(39)16-24(17-31(29)40)37(47)42-13-5-9-32(41)38(48)49/h3-4,7-8,10-11,16-19,25,28,32H,5-6,9,12-15,20-21,41H2,1-2H3,(H,42,47)(H,48,49)/t25?,28?,32-/m0/s1. The van der Waals surface area contributed by atoms with Crippen LogP contribution in [-0.4, -0.2) is 58.4 Å². The van der Waals surface area contributed by atoms with Crippen molar-refractivity contribution in [1.82, 2.24) is 15.1 Å². The number of nitrogens with one attached hydrogen (secondary N) is 1. The fraction of sp³-hybridized carbons (Fsp3) is 0.368. The predicted octanol–water partition coefficient (Wildman–Crippen LogP) is 6.24. The van der Waals surface area contributed by atoms with Crippen LogP contribution in [0.1, 0.15) is 70.6 Å². The highest BCUT2D eigenvalue weighted by Crippen LogP contribution is 2.57. The quantitative estimate of drug-likeness (QED) is 0.132. The molecule has 3 atom stereocenters. The molecule has 1 aromatic heterocycles. The molecule has 6 rings (SSSR count). The number of hydrogen-bond acceptors (Lipinski definition) is 6. The number of carbonyl (C=O) groups excluding carboxylic acids is 2. The monoisotopic (exact) mass is 701 g/mol. The van der Waals surface area contributed by atoms with Crippen LogP contribution in [0.25, 0.3) is 11.1 Å². The molecule has 3 aromatic carbocycles. The number of anilines is 1. The fourth-order valence-electron chi connectivity index (χ4n) is 6.61. The average molecular weight is 702 g/mol. The van der Waals surface area contributed by atoms with Crippen molar-refractivity contribution in [3.8, 4) is 16.9 Å². The van der Waals surface area contributed by atoms with Crippen LogP contribution in [0.2, 0.25) is 5.02 Å². The van der Waals surface area contributed by atoms with Gasteiger partial charge in [0.1, 0.15) is 17.6 Å². The van der Waals surface area contributed by atoms with Crippen LogP contribution >= 0.6 is 11.6 Å². The molecule has 262 valence electrons. The van der Waals surface area contributed by atoms with Crippen molar-refractivity contribution in [3.05, 3.63) is 99.6 Å². The van der Waals surface area contributed by atoms with Crippen molar-refractivity contribution in [2.45, 2.75) is 64.5 Å². The van der Waals surface area contributed by atoms with Crippen LogP contribution in [0.5, 0.6) is 5.75 Å². The lowest BCUT2D eigenvalue weighted by molar-refractivity contribution is -0.138. The van der Waals surface area contributed by atoms with E-state index in [4.69, 9.17) is 27.2 Å². The Labute approximate surface area is 295 Å². The van der Waals surface area contributed by atoms with Gasteiger partial charge in [-0.15, -0.1) is 0 Å². The van der Waals surface area contributed by atoms with Gasteiger partial charge in [0, 0.05) is 53.1 Å². The molecule has 0 spiro atoms. The van der Waals surface area contributed by atoms with Crippen LogP contribution in [0.4, 0.5) is 10.1 Å². The number of hydrogen-bond donors (Lipinski definition) is 3. The van der Waals surface area contributed by atoms with E-state index < -0.39 is 23.7 Å². The van der Waals surface area contributed by atoms with Gasteiger partial charge < -0.3 is 25.8 Å². The van der Waals surface area contributed by atoms with E-state index in [0.29, 0.717) is 44.2 Å².